The lowest BCUT2D eigenvalue weighted by Crippen LogP contribution is -2.52. The second kappa shape index (κ2) is 8.74. The summed E-state index contributed by atoms with van der Waals surface area (Å²) in [7, 11) is 1.96. The van der Waals surface area contributed by atoms with Gasteiger partial charge in [0.1, 0.15) is 5.82 Å². The number of carbonyl (C=O) groups is 1. The Kier molecular flexibility index (Phi) is 5.91. The molecule has 28 heavy (non-hydrogen) atoms. The van der Waals surface area contributed by atoms with Gasteiger partial charge in [-0.25, -0.2) is 4.98 Å². The second-order valence-electron chi connectivity index (χ2n) is 7.96. The molecule has 1 amide bonds. The van der Waals surface area contributed by atoms with Crippen LogP contribution in [0, 0.1) is 0 Å². The maximum Gasteiger partial charge on any atom is 0.253 e. The van der Waals surface area contributed by atoms with Gasteiger partial charge in [-0.2, -0.15) is 0 Å². The van der Waals surface area contributed by atoms with Crippen LogP contribution in [0.2, 0.25) is 0 Å². The van der Waals surface area contributed by atoms with Crippen molar-refractivity contribution in [2.75, 3.05) is 38.1 Å². The molecule has 1 aromatic heterocycles. The molecule has 2 heterocycles. The van der Waals surface area contributed by atoms with Gasteiger partial charge in [0, 0.05) is 57.1 Å². The average Bonchev–Trinajstić information content (AvgIpc) is 2.79. The van der Waals surface area contributed by atoms with Crippen LogP contribution in [0.1, 0.15) is 36.0 Å². The van der Waals surface area contributed by atoms with Crippen LogP contribution in [0.3, 0.4) is 0 Å². The van der Waals surface area contributed by atoms with Gasteiger partial charge in [-0.05, 0) is 49.9 Å². The molecular weight excluding hydrogens is 348 g/mol. The van der Waals surface area contributed by atoms with Gasteiger partial charge in [-0.3, -0.25) is 9.69 Å². The average molecular weight is 379 g/mol. The van der Waals surface area contributed by atoms with Crippen molar-refractivity contribution in [1.82, 2.24) is 14.8 Å². The molecule has 2 fully saturated rings. The minimum atomic E-state index is 0.146. The third-order valence-corrected chi connectivity index (χ3v) is 6.36. The zero-order valence-corrected chi connectivity index (χ0v) is 16.7. The molecule has 5 heteroatoms. The standard InChI is InChI=1S/C23H30N4O/c1-25(23(28)19-7-3-2-4-8-19)20-10-12-21(13-11-20)26-15-17-27(18-16-26)22-9-5-6-14-24-22/h2-9,14,20-21H,10-13,15-18H2,1H3/t20-,21-. The maximum atomic E-state index is 12.7. The number of amides is 1. The Balaban J connectivity index is 1.26. The van der Waals surface area contributed by atoms with Crippen molar-refractivity contribution in [1.29, 1.82) is 0 Å². The molecule has 5 nitrogen and oxygen atoms in total. The molecule has 1 aliphatic carbocycles. The molecule has 1 aliphatic heterocycles. The fourth-order valence-corrected chi connectivity index (χ4v) is 4.62. The first-order chi connectivity index (χ1) is 13.7. The highest BCUT2D eigenvalue weighted by atomic mass is 16.2. The van der Waals surface area contributed by atoms with E-state index in [0.29, 0.717) is 12.1 Å². The van der Waals surface area contributed by atoms with Gasteiger partial charge in [-0.1, -0.05) is 24.3 Å². The van der Waals surface area contributed by atoms with E-state index in [9.17, 15) is 4.79 Å². The predicted octanol–water partition coefficient (Wildman–Crippen LogP) is 3.29. The number of piperazine rings is 1. The van der Waals surface area contributed by atoms with Crippen LogP contribution in [0.4, 0.5) is 5.82 Å². The monoisotopic (exact) mass is 378 g/mol. The molecule has 0 unspecified atom stereocenters. The van der Waals surface area contributed by atoms with Gasteiger partial charge in [0.15, 0.2) is 0 Å². The molecule has 1 saturated heterocycles. The Hall–Kier alpha value is -2.40. The van der Waals surface area contributed by atoms with Crippen molar-refractivity contribution in [2.24, 2.45) is 0 Å². The van der Waals surface area contributed by atoms with Crippen LogP contribution in [0.15, 0.2) is 54.7 Å². The molecule has 1 saturated carbocycles. The van der Waals surface area contributed by atoms with Gasteiger partial charge in [0.25, 0.3) is 5.91 Å². The fraction of sp³-hybridized carbons (Fsp3) is 0.478. The lowest BCUT2D eigenvalue weighted by Gasteiger charge is -2.43. The van der Waals surface area contributed by atoms with E-state index in [1.807, 2.05) is 54.5 Å². The van der Waals surface area contributed by atoms with Gasteiger partial charge < -0.3 is 9.80 Å². The molecule has 4 rings (SSSR count). The Morgan fingerprint density at radius 3 is 2.25 bits per heavy atom. The predicted molar refractivity (Wildman–Crippen MR) is 113 cm³/mol. The summed E-state index contributed by atoms with van der Waals surface area (Å²) in [6.45, 7) is 4.29. The van der Waals surface area contributed by atoms with Crippen LogP contribution in [-0.4, -0.2) is 66.0 Å². The van der Waals surface area contributed by atoms with Crippen molar-refractivity contribution in [3.8, 4) is 0 Å². The summed E-state index contributed by atoms with van der Waals surface area (Å²) in [5.74, 6) is 1.24. The Labute approximate surface area is 168 Å². The van der Waals surface area contributed by atoms with E-state index in [4.69, 9.17) is 0 Å². The van der Waals surface area contributed by atoms with Gasteiger partial charge in [0.05, 0.1) is 0 Å². The number of pyridine rings is 1. The van der Waals surface area contributed by atoms with Crippen LogP contribution in [-0.2, 0) is 0 Å². The summed E-state index contributed by atoms with van der Waals surface area (Å²) in [6.07, 6.45) is 6.43. The first-order valence-electron chi connectivity index (χ1n) is 10.4. The van der Waals surface area contributed by atoms with Crippen molar-refractivity contribution >= 4 is 11.7 Å². The number of rotatable bonds is 4. The molecule has 0 N–H and O–H groups in total. The van der Waals surface area contributed by atoms with Crippen LogP contribution in [0.25, 0.3) is 0 Å². The molecule has 1 aromatic carbocycles. The molecule has 0 radical (unpaired) electrons. The molecule has 0 atom stereocenters. The topological polar surface area (TPSA) is 39.7 Å². The second-order valence-corrected chi connectivity index (χ2v) is 7.96. The molecule has 0 spiro atoms. The van der Waals surface area contributed by atoms with E-state index < -0.39 is 0 Å². The molecule has 0 bridgehead atoms. The van der Waals surface area contributed by atoms with Crippen molar-refractivity contribution < 1.29 is 4.79 Å². The van der Waals surface area contributed by atoms with Crippen LogP contribution in [0.5, 0.6) is 0 Å². The number of aromatic nitrogens is 1. The minimum Gasteiger partial charge on any atom is -0.354 e. The first-order valence-corrected chi connectivity index (χ1v) is 10.4. The highest BCUT2D eigenvalue weighted by Crippen LogP contribution is 2.28. The summed E-state index contributed by atoms with van der Waals surface area (Å²) in [5.41, 5.74) is 0.790. The van der Waals surface area contributed by atoms with E-state index in [-0.39, 0.29) is 5.91 Å². The number of benzene rings is 1. The number of hydrogen-bond donors (Lipinski definition) is 0. The van der Waals surface area contributed by atoms with E-state index in [1.165, 1.54) is 12.8 Å². The number of hydrogen-bond acceptors (Lipinski definition) is 4. The normalized spacial score (nSPS) is 23.4. The van der Waals surface area contributed by atoms with E-state index in [1.54, 1.807) is 0 Å². The van der Waals surface area contributed by atoms with Gasteiger partial charge in [0.2, 0.25) is 0 Å². The summed E-state index contributed by atoms with van der Waals surface area (Å²) in [5, 5.41) is 0. The minimum absolute atomic E-state index is 0.146. The summed E-state index contributed by atoms with van der Waals surface area (Å²) in [6, 6.07) is 16.8. The van der Waals surface area contributed by atoms with E-state index >= 15 is 0 Å². The first kappa shape index (κ1) is 18.9. The van der Waals surface area contributed by atoms with E-state index in [0.717, 1.165) is 50.4 Å². The SMILES string of the molecule is CN(C(=O)c1ccccc1)[C@H]1CC[C@H](N2CCN(c3ccccn3)CC2)CC1. The van der Waals surface area contributed by atoms with Crippen LogP contribution < -0.4 is 4.90 Å². The zero-order chi connectivity index (χ0) is 19.3. The molecule has 2 aromatic rings. The zero-order valence-electron chi connectivity index (χ0n) is 16.7. The Bertz CT molecular complexity index is 751. The fourth-order valence-electron chi connectivity index (χ4n) is 4.62. The van der Waals surface area contributed by atoms with Gasteiger partial charge >= 0.3 is 0 Å². The smallest absolute Gasteiger partial charge is 0.253 e. The van der Waals surface area contributed by atoms with Crippen LogP contribution >= 0.6 is 0 Å². The highest BCUT2D eigenvalue weighted by molar-refractivity contribution is 5.94. The molecule has 2 aliphatic rings. The summed E-state index contributed by atoms with van der Waals surface area (Å²) >= 11 is 0. The molecule has 148 valence electrons. The maximum absolute atomic E-state index is 12.7. The number of carbonyl (C=O) groups excluding carboxylic acids is 1. The molecular formula is C23H30N4O. The largest absolute Gasteiger partial charge is 0.354 e. The highest BCUT2D eigenvalue weighted by Gasteiger charge is 2.31. The number of nitrogens with zero attached hydrogens (tertiary/aromatic N) is 4. The number of anilines is 1. The Morgan fingerprint density at radius 2 is 1.61 bits per heavy atom. The third-order valence-electron chi connectivity index (χ3n) is 6.36. The summed E-state index contributed by atoms with van der Waals surface area (Å²) < 4.78 is 0. The quantitative estimate of drug-likeness (QED) is 0.819. The lowest BCUT2D eigenvalue weighted by molar-refractivity contribution is 0.0623. The van der Waals surface area contributed by atoms with Crippen molar-refractivity contribution in [3.05, 3.63) is 60.3 Å². The third kappa shape index (κ3) is 4.20. The van der Waals surface area contributed by atoms with Crippen molar-refractivity contribution in [3.63, 3.8) is 0 Å². The van der Waals surface area contributed by atoms with Gasteiger partial charge in [-0.15, -0.1) is 0 Å². The van der Waals surface area contributed by atoms with E-state index in [2.05, 4.69) is 26.9 Å². The van der Waals surface area contributed by atoms with Crippen molar-refractivity contribution in [2.45, 2.75) is 37.8 Å². The Morgan fingerprint density at radius 1 is 0.929 bits per heavy atom. The lowest BCUT2D eigenvalue weighted by atomic mass is 9.88. The summed E-state index contributed by atoms with van der Waals surface area (Å²) in [4.78, 5) is 24.2.